The zero-order valence-corrected chi connectivity index (χ0v) is 18.3. The highest BCUT2D eigenvalue weighted by Crippen LogP contribution is 2.39. The molecule has 1 atom stereocenters. The molecule has 1 amide bonds. The van der Waals surface area contributed by atoms with Crippen LogP contribution in [0.2, 0.25) is 0 Å². The SMILES string of the molecule is COc1ccc(NC(=O)c2cnc[nH]2)cc1S(=O)(=O)Nc1ccc(C(C2NN2)C(F)(F)F)cc1. The molecule has 0 aliphatic carbocycles. The average Bonchev–Trinajstić information content (AvgIpc) is 3.43. The van der Waals surface area contributed by atoms with Crippen LogP contribution in [0.1, 0.15) is 22.0 Å². The number of halogens is 3. The van der Waals surface area contributed by atoms with Gasteiger partial charge in [-0.2, -0.15) is 13.2 Å². The third kappa shape index (κ3) is 5.13. The average molecular weight is 496 g/mol. The number of sulfonamides is 1. The van der Waals surface area contributed by atoms with Crippen LogP contribution in [0, 0.1) is 0 Å². The van der Waals surface area contributed by atoms with E-state index in [-0.39, 0.29) is 33.3 Å². The van der Waals surface area contributed by atoms with Gasteiger partial charge in [0.05, 0.1) is 25.8 Å². The summed E-state index contributed by atoms with van der Waals surface area (Å²) >= 11 is 0. The van der Waals surface area contributed by atoms with Crippen molar-refractivity contribution < 1.29 is 31.1 Å². The van der Waals surface area contributed by atoms with E-state index < -0.39 is 34.2 Å². The number of benzene rings is 2. The number of carbonyl (C=O) groups is 1. The summed E-state index contributed by atoms with van der Waals surface area (Å²) in [6.07, 6.45) is -2.80. The number of nitrogens with zero attached hydrogens (tertiary/aromatic N) is 1. The molecule has 180 valence electrons. The Kier molecular flexibility index (Phi) is 6.20. The van der Waals surface area contributed by atoms with E-state index in [4.69, 9.17) is 4.74 Å². The minimum Gasteiger partial charge on any atom is -0.495 e. The third-order valence-corrected chi connectivity index (χ3v) is 6.38. The number of imidazole rings is 1. The number of methoxy groups -OCH3 is 1. The maximum absolute atomic E-state index is 13.4. The van der Waals surface area contributed by atoms with E-state index in [1.54, 1.807) is 0 Å². The molecule has 3 aromatic rings. The fourth-order valence-corrected chi connectivity index (χ4v) is 4.55. The van der Waals surface area contributed by atoms with Crippen molar-refractivity contribution in [2.75, 3.05) is 17.1 Å². The second-order valence-electron chi connectivity index (χ2n) is 7.30. The second kappa shape index (κ2) is 8.96. The Balaban J connectivity index is 1.56. The minimum absolute atomic E-state index is 0.00618. The highest BCUT2D eigenvalue weighted by Gasteiger charge is 2.49. The van der Waals surface area contributed by atoms with E-state index in [1.165, 1.54) is 62.1 Å². The van der Waals surface area contributed by atoms with Gasteiger partial charge in [-0.15, -0.1) is 0 Å². The van der Waals surface area contributed by atoms with E-state index in [9.17, 15) is 26.4 Å². The normalized spacial score (nSPS) is 14.9. The van der Waals surface area contributed by atoms with E-state index in [2.05, 4.69) is 30.9 Å². The van der Waals surface area contributed by atoms with E-state index in [0.717, 1.165) is 0 Å². The summed E-state index contributed by atoms with van der Waals surface area (Å²) in [5.41, 5.74) is 5.22. The first-order chi connectivity index (χ1) is 16.1. The van der Waals surface area contributed by atoms with Crippen LogP contribution >= 0.6 is 0 Å². The Morgan fingerprint density at radius 3 is 2.35 bits per heavy atom. The van der Waals surface area contributed by atoms with Gasteiger partial charge in [0.25, 0.3) is 15.9 Å². The number of anilines is 2. The molecule has 0 bridgehead atoms. The summed E-state index contributed by atoms with van der Waals surface area (Å²) in [4.78, 5) is 18.3. The Bertz CT molecular complexity index is 1280. The zero-order chi connectivity index (χ0) is 24.5. The van der Waals surface area contributed by atoms with Crippen molar-refractivity contribution in [2.45, 2.75) is 23.2 Å². The van der Waals surface area contributed by atoms with Crippen LogP contribution in [-0.4, -0.2) is 43.7 Å². The monoisotopic (exact) mass is 496 g/mol. The molecule has 1 fully saturated rings. The van der Waals surface area contributed by atoms with Crippen LogP contribution in [0.5, 0.6) is 5.75 Å². The van der Waals surface area contributed by atoms with Crippen molar-refractivity contribution in [3.05, 3.63) is 66.2 Å². The van der Waals surface area contributed by atoms with Crippen molar-refractivity contribution in [3.63, 3.8) is 0 Å². The van der Waals surface area contributed by atoms with Gasteiger partial charge < -0.3 is 15.0 Å². The quantitative estimate of drug-likeness (QED) is 0.300. The van der Waals surface area contributed by atoms with Gasteiger partial charge >= 0.3 is 6.18 Å². The lowest BCUT2D eigenvalue weighted by Gasteiger charge is -2.19. The zero-order valence-electron chi connectivity index (χ0n) is 17.5. The van der Waals surface area contributed by atoms with Crippen molar-refractivity contribution in [2.24, 2.45) is 0 Å². The molecular formula is C20H19F3N6O4S. The number of hydrazine groups is 1. The van der Waals surface area contributed by atoms with Gasteiger partial charge in [-0.05, 0) is 35.9 Å². The molecule has 1 unspecified atom stereocenters. The molecule has 2 aromatic carbocycles. The minimum atomic E-state index is -4.49. The van der Waals surface area contributed by atoms with E-state index in [0.29, 0.717) is 0 Å². The number of nitrogens with one attached hydrogen (secondary N) is 5. The largest absolute Gasteiger partial charge is 0.495 e. The number of H-pyrrole nitrogens is 1. The summed E-state index contributed by atoms with van der Waals surface area (Å²) in [6, 6.07) is 8.91. The summed E-state index contributed by atoms with van der Waals surface area (Å²) in [5, 5.41) is 2.55. The Morgan fingerprint density at radius 2 is 1.79 bits per heavy atom. The molecule has 4 rings (SSSR count). The number of rotatable bonds is 8. The first-order valence-corrected chi connectivity index (χ1v) is 11.2. The van der Waals surface area contributed by atoms with E-state index in [1.807, 2.05) is 0 Å². The molecule has 14 heteroatoms. The number of amides is 1. The van der Waals surface area contributed by atoms with Crippen molar-refractivity contribution in [3.8, 4) is 5.75 Å². The van der Waals surface area contributed by atoms with Gasteiger partial charge in [-0.1, -0.05) is 12.1 Å². The van der Waals surface area contributed by atoms with Crippen molar-refractivity contribution in [1.29, 1.82) is 0 Å². The lowest BCUT2D eigenvalue weighted by molar-refractivity contribution is -0.150. The van der Waals surface area contributed by atoms with Crippen LogP contribution in [0.15, 0.2) is 59.9 Å². The molecule has 1 aliphatic heterocycles. The number of hydrogen-bond donors (Lipinski definition) is 5. The number of carbonyl (C=O) groups excluding carboxylic acids is 1. The molecule has 5 N–H and O–H groups in total. The Hall–Kier alpha value is -3.62. The molecule has 2 heterocycles. The second-order valence-corrected chi connectivity index (χ2v) is 8.95. The Morgan fingerprint density at radius 1 is 1.12 bits per heavy atom. The molecular weight excluding hydrogens is 477 g/mol. The van der Waals surface area contributed by atoms with Crippen LogP contribution in [-0.2, 0) is 10.0 Å². The molecule has 1 aliphatic rings. The number of hydrogen-bond acceptors (Lipinski definition) is 7. The molecule has 0 saturated carbocycles. The van der Waals surface area contributed by atoms with Crippen molar-refractivity contribution in [1.82, 2.24) is 20.8 Å². The standard InChI is InChI=1S/C20H19F3N6O4S/c1-33-15-7-6-13(26-19(30)14-9-24-10-25-14)8-16(15)34(31,32)29-12-4-2-11(3-5-12)17(18-27-28-18)20(21,22)23/h2-10,17-18,27-29H,1H3,(H,24,25)(H,26,30). The predicted octanol–water partition coefficient (Wildman–Crippen LogP) is 2.55. The van der Waals surface area contributed by atoms with Crippen LogP contribution in [0.4, 0.5) is 24.5 Å². The summed E-state index contributed by atoms with van der Waals surface area (Å²) in [7, 11) is -2.95. The molecule has 0 radical (unpaired) electrons. The number of alkyl halides is 3. The van der Waals surface area contributed by atoms with E-state index >= 15 is 0 Å². The van der Waals surface area contributed by atoms with Crippen LogP contribution < -0.4 is 25.6 Å². The molecule has 34 heavy (non-hydrogen) atoms. The maximum Gasteiger partial charge on any atom is 0.398 e. The molecule has 1 saturated heterocycles. The number of aromatic amines is 1. The predicted molar refractivity (Wildman–Crippen MR) is 116 cm³/mol. The fourth-order valence-electron chi connectivity index (χ4n) is 3.30. The lowest BCUT2D eigenvalue weighted by atomic mass is 9.97. The summed E-state index contributed by atoms with van der Waals surface area (Å²) in [6.45, 7) is 0. The lowest BCUT2D eigenvalue weighted by Crippen LogP contribution is -2.27. The van der Waals surface area contributed by atoms with Crippen molar-refractivity contribution >= 4 is 27.3 Å². The van der Waals surface area contributed by atoms with Gasteiger partial charge in [-0.3, -0.25) is 9.52 Å². The summed E-state index contributed by atoms with van der Waals surface area (Å²) in [5.74, 6) is -2.31. The molecule has 0 spiro atoms. The number of ether oxygens (including phenoxy) is 1. The van der Waals surface area contributed by atoms with Gasteiger partial charge in [-0.25, -0.2) is 24.3 Å². The van der Waals surface area contributed by atoms with Gasteiger partial charge in [0.1, 0.15) is 22.3 Å². The molecule has 10 nitrogen and oxygen atoms in total. The smallest absolute Gasteiger partial charge is 0.398 e. The van der Waals surface area contributed by atoms with Crippen LogP contribution in [0.25, 0.3) is 0 Å². The van der Waals surface area contributed by atoms with Gasteiger partial charge in [0, 0.05) is 11.4 Å². The Labute approximate surface area is 191 Å². The highest BCUT2D eigenvalue weighted by atomic mass is 32.2. The summed E-state index contributed by atoms with van der Waals surface area (Å²) < 4.78 is 73.6. The maximum atomic E-state index is 13.4. The first-order valence-electron chi connectivity index (χ1n) is 9.77. The fraction of sp³-hybridized carbons (Fsp3) is 0.200. The van der Waals surface area contributed by atoms with Gasteiger partial charge in [0.15, 0.2) is 0 Å². The van der Waals surface area contributed by atoms with Crippen LogP contribution in [0.3, 0.4) is 0 Å². The molecule has 1 aromatic heterocycles. The number of aromatic nitrogens is 2. The first kappa shape index (κ1) is 23.5. The van der Waals surface area contributed by atoms with Gasteiger partial charge in [0.2, 0.25) is 0 Å². The topological polar surface area (TPSA) is 157 Å². The third-order valence-electron chi connectivity index (χ3n) is 4.97. The highest BCUT2D eigenvalue weighted by molar-refractivity contribution is 7.92.